The van der Waals surface area contributed by atoms with Crippen molar-refractivity contribution in [3.63, 3.8) is 0 Å². The van der Waals surface area contributed by atoms with Crippen molar-refractivity contribution >= 4 is 0 Å². The van der Waals surface area contributed by atoms with Gasteiger partial charge in [0.05, 0.1) is 14.2 Å². The molecule has 0 aliphatic rings. The van der Waals surface area contributed by atoms with Crippen LogP contribution in [-0.2, 0) is 12.8 Å². The number of aryl methyl sites for hydroxylation is 2. The predicted molar refractivity (Wildman–Crippen MR) is 113 cm³/mol. The molecule has 0 N–H and O–H groups in total. The topological polar surface area (TPSA) is 70.0 Å². The molecule has 0 saturated heterocycles. The Labute approximate surface area is 170 Å². The lowest BCUT2D eigenvalue weighted by Crippen LogP contribution is -1.99. The van der Waals surface area contributed by atoms with Gasteiger partial charge in [0.15, 0.2) is 0 Å². The molecule has 156 valence electrons. The van der Waals surface area contributed by atoms with Crippen molar-refractivity contribution in [2.24, 2.45) is 11.8 Å². The van der Waals surface area contributed by atoms with E-state index in [0.29, 0.717) is 11.8 Å². The van der Waals surface area contributed by atoms with Gasteiger partial charge in [0.2, 0.25) is 11.8 Å². The third-order valence-electron chi connectivity index (χ3n) is 4.25. The molecule has 0 saturated carbocycles. The second-order valence-electron chi connectivity index (χ2n) is 7.60. The third-order valence-corrected chi connectivity index (χ3v) is 4.25. The number of methoxy groups -OCH3 is 2. The first-order valence-electron chi connectivity index (χ1n) is 10.2. The van der Waals surface area contributed by atoms with E-state index >= 15 is 0 Å². The van der Waals surface area contributed by atoms with Crippen molar-refractivity contribution in [2.75, 3.05) is 14.2 Å². The van der Waals surface area contributed by atoms with Crippen molar-refractivity contribution in [1.29, 1.82) is 0 Å². The Morgan fingerprint density at radius 1 is 0.643 bits per heavy atom. The first-order valence-corrected chi connectivity index (χ1v) is 10.2. The molecular weight excluding hydrogens is 352 g/mol. The van der Waals surface area contributed by atoms with Crippen LogP contribution in [-0.4, -0.2) is 34.2 Å². The number of hydrogen-bond acceptors (Lipinski definition) is 6. The molecule has 0 aliphatic carbocycles. The maximum Gasteiger partial charge on any atom is 0.235 e. The summed E-state index contributed by atoms with van der Waals surface area (Å²) in [5.41, 5.74) is 1.94. The number of nitrogens with zero attached hydrogens (tertiary/aromatic N) is 4. The van der Waals surface area contributed by atoms with Crippen molar-refractivity contribution < 1.29 is 9.47 Å². The molecule has 0 atom stereocenters. The molecule has 2 heterocycles. The second-order valence-corrected chi connectivity index (χ2v) is 7.60. The minimum absolute atomic E-state index is 0.663. The van der Waals surface area contributed by atoms with Crippen LogP contribution in [0.5, 0.6) is 11.8 Å². The van der Waals surface area contributed by atoms with Gasteiger partial charge >= 0.3 is 0 Å². The van der Waals surface area contributed by atoms with Crippen LogP contribution in [0.25, 0.3) is 0 Å². The van der Waals surface area contributed by atoms with E-state index in [2.05, 4.69) is 47.6 Å². The van der Waals surface area contributed by atoms with Crippen LogP contribution < -0.4 is 9.47 Å². The molecule has 0 aromatic carbocycles. The number of hydrogen-bond donors (Lipinski definition) is 0. The maximum atomic E-state index is 5.13. The summed E-state index contributed by atoms with van der Waals surface area (Å²) >= 11 is 0. The van der Waals surface area contributed by atoms with Crippen molar-refractivity contribution in [1.82, 2.24) is 19.9 Å². The smallest absolute Gasteiger partial charge is 0.235 e. The minimum Gasteiger partial charge on any atom is -0.480 e. The van der Waals surface area contributed by atoms with Crippen molar-refractivity contribution in [3.8, 4) is 11.8 Å². The molecule has 28 heavy (non-hydrogen) atoms. The van der Waals surface area contributed by atoms with E-state index in [9.17, 15) is 0 Å². The Bertz CT molecular complexity index is 605. The van der Waals surface area contributed by atoms with E-state index in [0.717, 1.165) is 48.9 Å². The van der Waals surface area contributed by atoms with Crippen LogP contribution in [0.1, 0.15) is 64.8 Å². The van der Waals surface area contributed by atoms with Crippen LogP contribution in [0, 0.1) is 11.8 Å². The molecular formula is C22H36N4O2. The van der Waals surface area contributed by atoms with Crippen LogP contribution in [0.2, 0.25) is 0 Å². The van der Waals surface area contributed by atoms with E-state index < -0.39 is 0 Å². The van der Waals surface area contributed by atoms with Gasteiger partial charge < -0.3 is 9.47 Å². The molecule has 2 rings (SSSR count). The molecule has 0 aliphatic heterocycles. The summed E-state index contributed by atoms with van der Waals surface area (Å²) in [7, 11) is 3.27. The lowest BCUT2D eigenvalue weighted by atomic mass is 10.1. The Morgan fingerprint density at radius 3 is 1.32 bits per heavy atom. The summed E-state index contributed by atoms with van der Waals surface area (Å²) in [4.78, 5) is 16.7. The quantitative estimate of drug-likeness (QED) is 0.575. The number of rotatable bonds is 10. The highest BCUT2D eigenvalue weighted by molar-refractivity contribution is 5.17. The van der Waals surface area contributed by atoms with Gasteiger partial charge in [0.1, 0.15) is 11.4 Å². The lowest BCUT2D eigenvalue weighted by molar-refractivity contribution is 0.387. The zero-order valence-electron chi connectivity index (χ0n) is 18.3. The molecule has 6 heteroatoms. The van der Waals surface area contributed by atoms with Crippen LogP contribution in [0.15, 0.2) is 24.8 Å². The van der Waals surface area contributed by atoms with Gasteiger partial charge in [-0.15, -0.1) is 0 Å². The van der Waals surface area contributed by atoms with Gasteiger partial charge in [-0.3, -0.25) is 9.97 Å². The largest absolute Gasteiger partial charge is 0.480 e. The summed E-state index contributed by atoms with van der Waals surface area (Å²) < 4.78 is 10.3. The fraction of sp³-hybridized carbons (Fsp3) is 0.636. The number of ether oxygens (including phenoxy) is 2. The molecule has 2 aromatic heterocycles. The highest BCUT2D eigenvalue weighted by Gasteiger charge is 2.05. The molecule has 0 fully saturated rings. The van der Waals surface area contributed by atoms with Gasteiger partial charge in [-0.05, 0) is 37.5 Å². The summed E-state index contributed by atoms with van der Waals surface area (Å²) in [6, 6.07) is 0. The lowest BCUT2D eigenvalue weighted by Gasteiger charge is -2.06. The Balaban J connectivity index is 0.000000280. The SMILES string of the molecule is COc1nccnc1CCCC(C)C.COc1nccnc1CCCC(C)C. The highest BCUT2D eigenvalue weighted by atomic mass is 16.5. The fourth-order valence-electron chi connectivity index (χ4n) is 2.75. The molecule has 6 nitrogen and oxygen atoms in total. The van der Waals surface area contributed by atoms with E-state index in [1.165, 1.54) is 12.8 Å². The van der Waals surface area contributed by atoms with Crippen molar-refractivity contribution in [2.45, 2.75) is 66.2 Å². The van der Waals surface area contributed by atoms with E-state index in [1.54, 1.807) is 39.0 Å². The minimum atomic E-state index is 0.663. The van der Waals surface area contributed by atoms with E-state index in [4.69, 9.17) is 9.47 Å². The monoisotopic (exact) mass is 388 g/mol. The molecule has 2 aromatic rings. The van der Waals surface area contributed by atoms with Crippen LogP contribution in [0.3, 0.4) is 0 Å². The molecule has 0 bridgehead atoms. The Kier molecular flexibility index (Phi) is 11.8. The van der Waals surface area contributed by atoms with Gasteiger partial charge in [0, 0.05) is 24.8 Å². The predicted octanol–water partition coefficient (Wildman–Crippen LogP) is 4.93. The summed E-state index contributed by atoms with van der Waals surface area (Å²) in [5, 5.41) is 0. The summed E-state index contributed by atoms with van der Waals surface area (Å²) in [6.07, 6.45) is 13.4. The van der Waals surface area contributed by atoms with Crippen LogP contribution >= 0.6 is 0 Å². The Morgan fingerprint density at radius 2 is 1.00 bits per heavy atom. The Hall–Kier alpha value is -2.24. The summed E-state index contributed by atoms with van der Waals surface area (Å²) in [6.45, 7) is 8.92. The number of aromatic nitrogens is 4. The van der Waals surface area contributed by atoms with Crippen molar-refractivity contribution in [3.05, 3.63) is 36.2 Å². The van der Waals surface area contributed by atoms with Crippen LogP contribution in [0.4, 0.5) is 0 Å². The third kappa shape index (κ3) is 9.62. The molecule has 0 amide bonds. The molecule has 0 unspecified atom stereocenters. The zero-order valence-corrected chi connectivity index (χ0v) is 18.3. The molecule has 0 spiro atoms. The van der Waals surface area contributed by atoms with E-state index in [1.807, 2.05) is 0 Å². The average Bonchev–Trinajstić information content (AvgIpc) is 2.68. The maximum absolute atomic E-state index is 5.13. The first kappa shape index (κ1) is 23.8. The highest BCUT2D eigenvalue weighted by Crippen LogP contribution is 2.16. The summed E-state index contributed by atoms with van der Waals surface area (Å²) in [5.74, 6) is 2.82. The first-order chi connectivity index (χ1) is 13.5. The normalized spacial score (nSPS) is 10.6. The van der Waals surface area contributed by atoms with Gasteiger partial charge in [0.25, 0.3) is 0 Å². The molecule has 0 radical (unpaired) electrons. The average molecular weight is 389 g/mol. The standard InChI is InChI=1S/2C11H18N2O/c2*1-9(2)5-4-6-10-11(14-3)13-8-7-12-10/h2*7-9H,4-6H2,1-3H3. The fourth-order valence-corrected chi connectivity index (χ4v) is 2.75. The van der Waals surface area contributed by atoms with Gasteiger partial charge in [-0.25, -0.2) is 9.97 Å². The van der Waals surface area contributed by atoms with Gasteiger partial charge in [-0.2, -0.15) is 0 Å². The second kappa shape index (κ2) is 13.9. The zero-order chi connectivity index (χ0) is 20.8. The van der Waals surface area contributed by atoms with Gasteiger partial charge in [-0.1, -0.05) is 40.5 Å². The van der Waals surface area contributed by atoms with E-state index in [-0.39, 0.29) is 0 Å².